The van der Waals surface area contributed by atoms with E-state index in [2.05, 4.69) is 0 Å². The van der Waals surface area contributed by atoms with Crippen molar-refractivity contribution < 1.29 is 74.3 Å². The number of carboxylic acids is 1. The van der Waals surface area contributed by atoms with E-state index >= 15 is 0 Å². The summed E-state index contributed by atoms with van der Waals surface area (Å²) in [6.45, 7) is 3.79. The van der Waals surface area contributed by atoms with Gasteiger partial charge in [0, 0.05) is 5.56 Å². The minimum atomic E-state index is -4.27. The zero-order valence-electron chi connectivity index (χ0n) is 10.5. The molecule has 18 heavy (non-hydrogen) atoms. The molecule has 0 aliphatic heterocycles. The summed E-state index contributed by atoms with van der Waals surface area (Å²) in [5.74, 6) is -2.05. The van der Waals surface area contributed by atoms with Crippen molar-refractivity contribution in [3.8, 4) is 0 Å². The fourth-order valence-corrected chi connectivity index (χ4v) is 2.12. The molecule has 0 aliphatic carbocycles. The fourth-order valence-electron chi connectivity index (χ4n) is 1.49. The number of hydrogen-bond acceptors (Lipinski definition) is 4. The Hall–Kier alpha value is 0.236. The molecule has 1 rings (SSSR count). The predicted molar refractivity (Wildman–Crippen MR) is 60.1 cm³/mol. The Morgan fingerprint density at radius 1 is 1.39 bits per heavy atom. The van der Waals surface area contributed by atoms with Gasteiger partial charge in [-0.25, -0.2) is 0 Å². The van der Waals surface area contributed by atoms with Gasteiger partial charge in [-0.2, -0.15) is 8.42 Å². The molecule has 0 radical (unpaired) electrons. The van der Waals surface area contributed by atoms with Gasteiger partial charge >= 0.3 is 51.4 Å². The number of carbonyl (C=O) groups is 1. The minimum absolute atomic E-state index is 0. The largest absolute Gasteiger partial charge is 1.00 e. The van der Waals surface area contributed by atoms with E-state index in [1.54, 1.807) is 6.07 Å². The van der Waals surface area contributed by atoms with Crippen LogP contribution in [0.1, 0.15) is 41.3 Å². The molecule has 0 heterocycles. The van der Waals surface area contributed by atoms with E-state index in [1.807, 2.05) is 13.8 Å². The molecule has 7 heteroatoms. The first kappa shape index (κ1) is 18.2. The van der Waals surface area contributed by atoms with Crippen molar-refractivity contribution >= 4 is 16.1 Å². The normalized spacial score (nSPS) is 11.1. The second-order valence-electron chi connectivity index (χ2n) is 4.08. The molecular weight excluding hydrogens is 283 g/mol. The van der Waals surface area contributed by atoms with Crippen molar-refractivity contribution in [2.45, 2.75) is 25.5 Å². The van der Waals surface area contributed by atoms with Gasteiger partial charge in [-0.15, -0.1) is 0 Å². The van der Waals surface area contributed by atoms with E-state index in [0.29, 0.717) is 0 Å². The van der Waals surface area contributed by atoms with Crippen LogP contribution in [0.5, 0.6) is 0 Å². The molecule has 5 nitrogen and oxygen atoms in total. The van der Waals surface area contributed by atoms with Gasteiger partial charge in [0.25, 0.3) is 10.1 Å². The quantitative estimate of drug-likeness (QED) is 0.492. The standard InChI is InChI=1S/C11H14O5S.K/c1-7(2)8-3-4-10(11(12)13)9(5-8)6-17(14,15)16;/h3-5,7H,6H2,1-2H3,(H,12,13)(H,14,15,16);/q;+1/p-1. The van der Waals surface area contributed by atoms with Crippen molar-refractivity contribution in [2.24, 2.45) is 0 Å². The van der Waals surface area contributed by atoms with Gasteiger partial charge in [0.2, 0.25) is 0 Å². The molecule has 0 saturated carbocycles. The first-order chi connectivity index (χ1) is 7.70. The van der Waals surface area contributed by atoms with Crippen LogP contribution in [0.15, 0.2) is 18.2 Å². The van der Waals surface area contributed by atoms with E-state index in [1.165, 1.54) is 12.1 Å². The second kappa shape index (κ2) is 7.13. The van der Waals surface area contributed by atoms with Crippen molar-refractivity contribution in [3.05, 3.63) is 34.9 Å². The number of aromatic carboxylic acids is 1. The molecular formula is C11H13KO5S. The molecule has 1 aromatic rings. The van der Waals surface area contributed by atoms with Gasteiger partial charge in [0.1, 0.15) is 5.75 Å². The molecule has 0 saturated heterocycles. The van der Waals surface area contributed by atoms with Gasteiger partial charge in [0.15, 0.2) is 0 Å². The maximum absolute atomic E-state index is 10.8. The van der Waals surface area contributed by atoms with E-state index in [-0.39, 0.29) is 68.4 Å². The zero-order valence-corrected chi connectivity index (χ0v) is 14.4. The van der Waals surface area contributed by atoms with Crippen molar-refractivity contribution in [2.75, 3.05) is 0 Å². The number of carbonyl (C=O) groups excluding carboxylic acids is 1. The summed E-state index contributed by atoms with van der Waals surface area (Å²) in [6.07, 6.45) is 0. The molecule has 0 spiro atoms. The maximum Gasteiger partial charge on any atom is 1.00 e. The van der Waals surface area contributed by atoms with Gasteiger partial charge in [-0.1, -0.05) is 32.0 Å². The molecule has 0 aromatic heterocycles. The molecule has 94 valence electrons. The molecule has 0 atom stereocenters. The Morgan fingerprint density at radius 2 is 1.94 bits per heavy atom. The first-order valence-corrected chi connectivity index (χ1v) is 6.61. The molecule has 0 unspecified atom stereocenters. The third-order valence-electron chi connectivity index (χ3n) is 2.35. The number of benzene rings is 1. The van der Waals surface area contributed by atoms with Crippen molar-refractivity contribution in [1.29, 1.82) is 0 Å². The van der Waals surface area contributed by atoms with Crippen LogP contribution in [0.2, 0.25) is 0 Å². The van der Waals surface area contributed by atoms with E-state index in [4.69, 9.17) is 4.55 Å². The Kier molecular flexibility index (Phi) is 7.23. The second-order valence-corrected chi connectivity index (χ2v) is 5.54. The molecule has 0 aliphatic rings. The minimum Gasteiger partial charge on any atom is -0.545 e. The van der Waals surface area contributed by atoms with Crippen LogP contribution in [0.4, 0.5) is 0 Å². The maximum atomic E-state index is 10.8. The summed E-state index contributed by atoms with van der Waals surface area (Å²) < 4.78 is 30.4. The van der Waals surface area contributed by atoms with Gasteiger partial charge in [-0.05, 0) is 17.0 Å². The van der Waals surface area contributed by atoms with Gasteiger partial charge in [-0.3, -0.25) is 4.55 Å². The monoisotopic (exact) mass is 296 g/mol. The van der Waals surface area contributed by atoms with E-state index in [9.17, 15) is 18.3 Å². The number of carboxylic acid groups (broad SMARTS) is 1. The zero-order chi connectivity index (χ0) is 13.2. The van der Waals surface area contributed by atoms with Gasteiger partial charge in [0.05, 0.1) is 5.97 Å². The molecule has 1 aromatic carbocycles. The SMILES string of the molecule is CC(C)c1ccc(C(=O)[O-])c(CS(=O)(=O)O)c1.[K+]. The summed E-state index contributed by atoms with van der Waals surface area (Å²) in [4.78, 5) is 10.8. The van der Waals surface area contributed by atoms with Crippen LogP contribution in [0.25, 0.3) is 0 Å². The molecule has 0 amide bonds. The third-order valence-corrected chi connectivity index (χ3v) is 3.03. The van der Waals surface area contributed by atoms with Crippen molar-refractivity contribution in [1.82, 2.24) is 0 Å². The third kappa shape index (κ3) is 5.48. The summed E-state index contributed by atoms with van der Waals surface area (Å²) >= 11 is 0. The number of rotatable bonds is 4. The molecule has 0 fully saturated rings. The molecule has 0 bridgehead atoms. The fraction of sp³-hybridized carbons (Fsp3) is 0.364. The van der Waals surface area contributed by atoms with Crippen LogP contribution in [-0.4, -0.2) is 18.9 Å². The topological polar surface area (TPSA) is 94.5 Å². The van der Waals surface area contributed by atoms with Crippen LogP contribution < -0.4 is 56.5 Å². The Morgan fingerprint density at radius 3 is 2.33 bits per heavy atom. The first-order valence-electron chi connectivity index (χ1n) is 5.00. The van der Waals surface area contributed by atoms with Crippen LogP contribution in [0.3, 0.4) is 0 Å². The summed E-state index contributed by atoms with van der Waals surface area (Å²) in [6, 6.07) is 4.36. The van der Waals surface area contributed by atoms with Crippen molar-refractivity contribution in [3.63, 3.8) is 0 Å². The predicted octanol–water partition coefficient (Wildman–Crippen LogP) is -2.43. The van der Waals surface area contributed by atoms with Crippen LogP contribution >= 0.6 is 0 Å². The van der Waals surface area contributed by atoms with E-state index < -0.39 is 21.8 Å². The van der Waals surface area contributed by atoms with Crippen LogP contribution in [0, 0.1) is 0 Å². The summed E-state index contributed by atoms with van der Waals surface area (Å²) in [5.41, 5.74) is 0.624. The average Bonchev–Trinajstić information content (AvgIpc) is 2.14. The summed E-state index contributed by atoms with van der Waals surface area (Å²) in [5, 5.41) is 10.8. The Bertz CT molecular complexity index is 536. The smallest absolute Gasteiger partial charge is 0.545 e. The average molecular weight is 296 g/mol. The Balaban J connectivity index is 0.00000289. The number of hydrogen-bond donors (Lipinski definition) is 1. The van der Waals surface area contributed by atoms with Crippen LogP contribution in [-0.2, 0) is 15.9 Å². The van der Waals surface area contributed by atoms with E-state index in [0.717, 1.165) is 5.56 Å². The molecule has 1 N–H and O–H groups in total. The summed E-state index contributed by atoms with van der Waals surface area (Å²) in [7, 11) is -4.27. The Labute approximate surface area is 149 Å². The van der Waals surface area contributed by atoms with Gasteiger partial charge < -0.3 is 9.90 Å².